The van der Waals surface area contributed by atoms with Gasteiger partial charge in [-0.2, -0.15) is 5.26 Å². The Morgan fingerprint density at radius 3 is 2.73 bits per heavy atom. The normalized spacial score (nSPS) is 14.3. The molecule has 1 aromatic rings. The first kappa shape index (κ1) is 11.9. The molecule has 0 aliphatic rings. The molecule has 0 aliphatic heterocycles. The molecule has 1 heterocycles. The fourth-order valence-electron chi connectivity index (χ4n) is 1.10. The summed E-state index contributed by atoms with van der Waals surface area (Å²) >= 11 is 1.13. The molecule has 0 radical (unpaired) electrons. The lowest BCUT2D eigenvalue weighted by molar-refractivity contribution is 0.0238. The van der Waals surface area contributed by atoms with Crippen LogP contribution in [0.3, 0.4) is 0 Å². The lowest BCUT2D eigenvalue weighted by atomic mass is 10.1. The molecule has 0 spiro atoms. The number of aliphatic hydroxyl groups is 2. The van der Waals surface area contributed by atoms with Gasteiger partial charge in [-0.3, -0.25) is 4.79 Å². The maximum atomic E-state index is 11.0. The number of hydrogen-bond acceptors (Lipinski definition) is 5. The summed E-state index contributed by atoms with van der Waals surface area (Å²) in [5.74, 6) is -0.0757. The third-order valence-electron chi connectivity index (χ3n) is 1.93. The highest BCUT2D eigenvalue weighted by atomic mass is 32.1. The summed E-state index contributed by atoms with van der Waals surface area (Å²) in [5.41, 5.74) is 0. The molecule has 2 unspecified atom stereocenters. The van der Waals surface area contributed by atoms with Crippen LogP contribution in [0.15, 0.2) is 12.1 Å². The summed E-state index contributed by atoms with van der Waals surface area (Å²) in [4.78, 5) is 12.0. The van der Waals surface area contributed by atoms with Gasteiger partial charge >= 0.3 is 0 Å². The van der Waals surface area contributed by atoms with Crippen LogP contribution in [0.25, 0.3) is 0 Å². The van der Waals surface area contributed by atoms with E-state index in [-0.39, 0.29) is 12.2 Å². The van der Waals surface area contributed by atoms with Crippen LogP contribution in [-0.2, 0) is 0 Å². The van der Waals surface area contributed by atoms with E-state index in [2.05, 4.69) is 0 Å². The molecule has 4 nitrogen and oxygen atoms in total. The van der Waals surface area contributed by atoms with Gasteiger partial charge in [-0.15, -0.1) is 11.3 Å². The van der Waals surface area contributed by atoms with Crippen LogP contribution in [0.2, 0.25) is 0 Å². The van der Waals surface area contributed by atoms with Gasteiger partial charge in [0.1, 0.15) is 6.10 Å². The summed E-state index contributed by atoms with van der Waals surface area (Å²) in [5, 5.41) is 27.3. The zero-order valence-corrected chi connectivity index (χ0v) is 8.99. The highest BCUT2D eigenvalue weighted by Crippen LogP contribution is 2.26. The second kappa shape index (κ2) is 5.03. The van der Waals surface area contributed by atoms with Crippen molar-refractivity contribution in [2.24, 2.45) is 0 Å². The number of nitrogens with zero attached hydrogens (tertiary/aromatic N) is 1. The third-order valence-corrected chi connectivity index (χ3v) is 3.19. The Labute approximate surface area is 91.4 Å². The maximum absolute atomic E-state index is 11.0. The molecule has 15 heavy (non-hydrogen) atoms. The first-order valence-corrected chi connectivity index (χ1v) is 5.21. The average Bonchev–Trinajstić information content (AvgIpc) is 2.65. The molecule has 0 fully saturated rings. The summed E-state index contributed by atoms with van der Waals surface area (Å²) in [7, 11) is 0. The Morgan fingerprint density at radius 2 is 2.27 bits per heavy atom. The van der Waals surface area contributed by atoms with Crippen LogP contribution in [0, 0.1) is 11.3 Å². The third kappa shape index (κ3) is 2.86. The van der Waals surface area contributed by atoms with Crippen LogP contribution in [0.1, 0.15) is 34.0 Å². The minimum absolute atomic E-state index is 0.0757. The molecule has 0 bridgehead atoms. The molecule has 1 aromatic heterocycles. The lowest BCUT2D eigenvalue weighted by Crippen LogP contribution is -2.16. The zero-order valence-electron chi connectivity index (χ0n) is 8.17. The number of thiophene rings is 1. The Kier molecular flexibility index (Phi) is 3.97. The number of ketones is 1. The smallest absolute Gasteiger partial charge is 0.169 e. The van der Waals surface area contributed by atoms with Gasteiger partial charge in [0.25, 0.3) is 0 Å². The Balaban J connectivity index is 2.78. The van der Waals surface area contributed by atoms with E-state index in [1.807, 2.05) is 0 Å². The number of carbonyl (C=O) groups is 1. The van der Waals surface area contributed by atoms with Crippen LogP contribution >= 0.6 is 11.3 Å². The quantitative estimate of drug-likeness (QED) is 0.756. The number of nitriles is 1. The van der Waals surface area contributed by atoms with Gasteiger partial charge in [0.2, 0.25) is 0 Å². The first-order chi connectivity index (χ1) is 7.06. The molecule has 2 N–H and O–H groups in total. The number of aliphatic hydroxyl groups excluding tert-OH is 2. The predicted molar refractivity (Wildman–Crippen MR) is 55.5 cm³/mol. The fourth-order valence-corrected chi connectivity index (χ4v) is 2.04. The second-order valence-corrected chi connectivity index (χ2v) is 4.25. The average molecular weight is 225 g/mol. The van der Waals surface area contributed by atoms with E-state index in [9.17, 15) is 15.0 Å². The van der Waals surface area contributed by atoms with Crippen molar-refractivity contribution in [2.45, 2.75) is 25.6 Å². The van der Waals surface area contributed by atoms with E-state index >= 15 is 0 Å². The first-order valence-electron chi connectivity index (χ1n) is 4.40. The summed E-state index contributed by atoms with van der Waals surface area (Å²) < 4.78 is 0. The molecule has 2 atom stereocenters. The van der Waals surface area contributed by atoms with Crippen LogP contribution < -0.4 is 0 Å². The van der Waals surface area contributed by atoms with Crippen LogP contribution in [-0.4, -0.2) is 22.1 Å². The van der Waals surface area contributed by atoms with Gasteiger partial charge in [-0.1, -0.05) is 0 Å². The van der Waals surface area contributed by atoms with Crippen LogP contribution in [0.4, 0.5) is 0 Å². The molecule has 0 aromatic carbocycles. The summed E-state index contributed by atoms with van der Waals surface area (Å²) in [6, 6.07) is 4.97. The predicted octanol–water partition coefficient (Wildman–Crippen LogP) is 1.26. The minimum Gasteiger partial charge on any atom is -0.389 e. The van der Waals surface area contributed by atoms with Crippen LogP contribution in [0.5, 0.6) is 0 Å². The lowest BCUT2D eigenvalue weighted by Gasteiger charge is -2.12. The van der Waals surface area contributed by atoms with Gasteiger partial charge in [0.05, 0.1) is 23.5 Å². The minimum atomic E-state index is -1.10. The van der Waals surface area contributed by atoms with E-state index in [1.165, 1.54) is 6.92 Å². The molecule has 5 heteroatoms. The molecule has 1 rings (SSSR count). The number of hydrogen-bond donors (Lipinski definition) is 2. The molecule has 0 amide bonds. The van der Waals surface area contributed by atoms with E-state index in [0.29, 0.717) is 9.75 Å². The zero-order chi connectivity index (χ0) is 11.4. The summed E-state index contributed by atoms with van der Waals surface area (Å²) in [6.45, 7) is 1.44. The van der Waals surface area contributed by atoms with Crippen molar-refractivity contribution in [1.29, 1.82) is 5.26 Å². The monoisotopic (exact) mass is 225 g/mol. The number of rotatable bonds is 4. The van der Waals surface area contributed by atoms with E-state index in [1.54, 1.807) is 18.2 Å². The molecule has 80 valence electrons. The SMILES string of the molecule is CC(=O)c1ccc(C(O)C(O)CC#N)s1. The van der Waals surface area contributed by atoms with Crippen molar-refractivity contribution >= 4 is 17.1 Å². The Hall–Kier alpha value is -1.22. The highest BCUT2D eigenvalue weighted by molar-refractivity contribution is 7.14. The molecule has 0 aliphatic carbocycles. The van der Waals surface area contributed by atoms with Gasteiger partial charge in [-0.25, -0.2) is 0 Å². The van der Waals surface area contributed by atoms with Gasteiger partial charge in [-0.05, 0) is 19.1 Å². The summed E-state index contributed by atoms with van der Waals surface area (Å²) in [6.07, 6.45) is -2.33. The fraction of sp³-hybridized carbons (Fsp3) is 0.400. The van der Waals surface area contributed by atoms with Crippen molar-refractivity contribution in [3.63, 3.8) is 0 Å². The maximum Gasteiger partial charge on any atom is 0.169 e. The van der Waals surface area contributed by atoms with Crippen molar-refractivity contribution in [2.75, 3.05) is 0 Å². The standard InChI is InChI=1S/C10H11NO3S/c1-6(12)8-2-3-9(15-8)10(14)7(13)4-5-11/h2-3,7,10,13-14H,4H2,1H3. The second-order valence-electron chi connectivity index (χ2n) is 3.13. The van der Waals surface area contributed by atoms with Crippen molar-refractivity contribution in [1.82, 2.24) is 0 Å². The van der Waals surface area contributed by atoms with E-state index in [0.717, 1.165) is 11.3 Å². The number of carbonyl (C=O) groups excluding carboxylic acids is 1. The van der Waals surface area contributed by atoms with E-state index < -0.39 is 12.2 Å². The molecular formula is C10H11NO3S. The Bertz CT molecular complexity index is 394. The molecule has 0 saturated heterocycles. The van der Waals surface area contributed by atoms with E-state index in [4.69, 9.17) is 5.26 Å². The highest BCUT2D eigenvalue weighted by Gasteiger charge is 2.20. The van der Waals surface area contributed by atoms with Gasteiger partial charge < -0.3 is 10.2 Å². The van der Waals surface area contributed by atoms with Crippen molar-refractivity contribution in [3.8, 4) is 6.07 Å². The van der Waals surface area contributed by atoms with Crippen molar-refractivity contribution < 1.29 is 15.0 Å². The molecule has 0 saturated carbocycles. The van der Waals surface area contributed by atoms with Gasteiger partial charge in [0, 0.05) is 4.88 Å². The van der Waals surface area contributed by atoms with Crippen molar-refractivity contribution in [3.05, 3.63) is 21.9 Å². The largest absolute Gasteiger partial charge is 0.389 e. The Morgan fingerprint density at radius 1 is 1.60 bits per heavy atom. The number of Topliss-reactive ketones (excluding diaryl/α,β-unsaturated/α-hetero) is 1. The molecular weight excluding hydrogens is 214 g/mol. The van der Waals surface area contributed by atoms with Gasteiger partial charge in [0.15, 0.2) is 5.78 Å². The topological polar surface area (TPSA) is 81.3 Å².